The number of halogens is 1. The van der Waals surface area contributed by atoms with Gasteiger partial charge in [0.1, 0.15) is 6.04 Å². The van der Waals surface area contributed by atoms with Crippen LogP contribution in [0.5, 0.6) is 0 Å². The van der Waals surface area contributed by atoms with Crippen LogP contribution >= 0.6 is 12.4 Å². The minimum atomic E-state index is -3.54. The first kappa shape index (κ1) is 18.8. The highest BCUT2D eigenvalue weighted by Gasteiger charge is 2.15. The monoisotopic (exact) mass is 323 g/mol. The Bertz CT molecular complexity index is 550. The Balaban J connectivity index is 0.00000361. The smallest absolute Gasteiger partial charge is 0.243 e. The first-order valence-corrected chi connectivity index (χ1v) is 6.98. The summed E-state index contributed by atoms with van der Waals surface area (Å²) in [4.78, 5) is 11.7. The second-order valence-corrected chi connectivity index (χ2v) is 5.67. The molecule has 0 spiro atoms. The number of benzene rings is 1. The lowest BCUT2D eigenvalue weighted by atomic mass is 10.2. The lowest BCUT2D eigenvalue weighted by molar-refractivity contribution is -0.118. The van der Waals surface area contributed by atoms with Crippen LogP contribution in [0.4, 0.5) is 5.69 Å². The fraction of sp³-hybridized carbons (Fsp3) is 0.364. The van der Waals surface area contributed by atoms with Crippen molar-refractivity contribution < 1.29 is 17.9 Å². The summed E-state index contributed by atoms with van der Waals surface area (Å²) in [5, 5.41) is 2.53. The van der Waals surface area contributed by atoms with Crippen molar-refractivity contribution >= 4 is 34.0 Å². The SMILES string of the molecule is CNS(=O)(=O)c1cccc(NC(=O)C(N)COC)c1.Cl. The van der Waals surface area contributed by atoms with Gasteiger partial charge in [-0.05, 0) is 25.2 Å². The molecule has 0 aliphatic rings. The van der Waals surface area contributed by atoms with Gasteiger partial charge in [0.2, 0.25) is 15.9 Å². The number of carbonyl (C=O) groups excluding carboxylic acids is 1. The normalized spacial score (nSPS) is 12.3. The molecule has 1 aromatic rings. The summed E-state index contributed by atoms with van der Waals surface area (Å²) in [6.07, 6.45) is 0. The first-order valence-electron chi connectivity index (χ1n) is 5.49. The van der Waals surface area contributed by atoms with Gasteiger partial charge < -0.3 is 15.8 Å². The zero-order chi connectivity index (χ0) is 14.5. The summed E-state index contributed by atoms with van der Waals surface area (Å²) < 4.78 is 30.2. The van der Waals surface area contributed by atoms with Gasteiger partial charge >= 0.3 is 0 Å². The predicted molar refractivity (Wildman–Crippen MR) is 78.4 cm³/mol. The molecule has 114 valence electrons. The molecule has 1 amide bonds. The molecule has 1 rings (SSSR count). The minimum absolute atomic E-state index is 0. The largest absolute Gasteiger partial charge is 0.383 e. The molecule has 0 radical (unpaired) electrons. The summed E-state index contributed by atoms with van der Waals surface area (Å²) in [5.74, 6) is -0.444. The molecule has 0 fully saturated rings. The van der Waals surface area contributed by atoms with E-state index in [1.54, 1.807) is 6.07 Å². The predicted octanol–water partition coefficient (Wildman–Crippen LogP) is -0.0713. The summed E-state index contributed by atoms with van der Waals surface area (Å²) >= 11 is 0. The molecule has 20 heavy (non-hydrogen) atoms. The molecule has 1 unspecified atom stereocenters. The standard InChI is InChI=1S/C11H17N3O4S.ClH/c1-13-19(16,17)9-5-3-4-8(6-9)14-11(15)10(12)7-18-2;/h3-6,10,13H,7,12H2,1-2H3,(H,14,15);1H. The molecule has 0 heterocycles. The van der Waals surface area contributed by atoms with E-state index >= 15 is 0 Å². The zero-order valence-corrected chi connectivity index (χ0v) is 12.8. The van der Waals surface area contributed by atoms with Crippen LogP contribution in [-0.4, -0.2) is 41.1 Å². The Hall–Kier alpha value is -1.19. The van der Waals surface area contributed by atoms with Crippen molar-refractivity contribution in [1.29, 1.82) is 0 Å². The van der Waals surface area contributed by atoms with Crippen LogP contribution in [0.25, 0.3) is 0 Å². The van der Waals surface area contributed by atoms with Crippen LogP contribution in [0.3, 0.4) is 0 Å². The van der Waals surface area contributed by atoms with Gasteiger partial charge in [-0.25, -0.2) is 13.1 Å². The van der Waals surface area contributed by atoms with Gasteiger partial charge in [0, 0.05) is 12.8 Å². The third kappa shape index (κ3) is 5.06. The van der Waals surface area contributed by atoms with Gasteiger partial charge in [0.15, 0.2) is 0 Å². The molecule has 0 bridgehead atoms. The molecule has 1 atom stereocenters. The highest BCUT2D eigenvalue weighted by molar-refractivity contribution is 7.89. The number of rotatable bonds is 6. The second-order valence-electron chi connectivity index (χ2n) is 3.79. The lowest BCUT2D eigenvalue weighted by Gasteiger charge is -2.12. The van der Waals surface area contributed by atoms with Crippen LogP contribution in [0.2, 0.25) is 0 Å². The Morgan fingerprint density at radius 3 is 2.65 bits per heavy atom. The van der Waals surface area contributed by atoms with E-state index in [1.165, 1.54) is 32.4 Å². The third-order valence-corrected chi connectivity index (χ3v) is 3.78. The van der Waals surface area contributed by atoms with E-state index in [9.17, 15) is 13.2 Å². The van der Waals surface area contributed by atoms with Crippen molar-refractivity contribution in [1.82, 2.24) is 4.72 Å². The fourth-order valence-electron chi connectivity index (χ4n) is 1.35. The third-order valence-electron chi connectivity index (χ3n) is 2.36. The minimum Gasteiger partial charge on any atom is -0.383 e. The van der Waals surface area contributed by atoms with E-state index < -0.39 is 22.0 Å². The number of sulfonamides is 1. The van der Waals surface area contributed by atoms with Crippen molar-refractivity contribution in [2.75, 3.05) is 26.1 Å². The Morgan fingerprint density at radius 1 is 1.45 bits per heavy atom. The van der Waals surface area contributed by atoms with Crippen molar-refractivity contribution in [2.24, 2.45) is 5.73 Å². The number of nitrogens with one attached hydrogen (secondary N) is 2. The Kier molecular flexibility index (Phi) is 7.69. The van der Waals surface area contributed by atoms with Crippen LogP contribution in [0, 0.1) is 0 Å². The summed E-state index contributed by atoms with van der Waals surface area (Å²) in [6, 6.07) is 5.07. The molecule has 0 aliphatic carbocycles. The van der Waals surface area contributed by atoms with Gasteiger partial charge in [-0.15, -0.1) is 12.4 Å². The number of anilines is 1. The number of hydrogen-bond acceptors (Lipinski definition) is 5. The van der Waals surface area contributed by atoms with Crippen molar-refractivity contribution in [3.05, 3.63) is 24.3 Å². The number of amides is 1. The number of hydrogen-bond donors (Lipinski definition) is 3. The summed E-state index contributed by atoms with van der Waals surface area (Å²) in [5.41, 5.74) is 5.91. The number of nitrogens with two attached hydrogens (primary N) is 1. The average molecular weight is 324 g/mol. The second kappa shape index (κ2) is 8.18. The molecular weight excluding hydrogens is 306 g/mol. The van der Waals surface area contributed by atoms with Crippen molar-refractivity contribution in [3.8, 4) is 0 Å². The fourth-order valence-corrected chi connectivity index (χ4v) is 2.12. The summed E-state index contributed by atoms with van der Waals surface area (Å²) in [6.45, 7) is 0.0837. The number of methoxy groups -OCH3 is 1. The molecule has 0 aromatic heterocycles. The molecular formula is C11H18ClN3O4S. The van der Waals surface area contributed by atoms with Crippen LogP contribution in [0.15, 0.2) is 29.2 Å². The topological polar surface area (TPSA) is 111 Å². The lowest BCUT2D eigenvalue weighted by Crippen LogP contribution is -2.39. The van der Waals surface area contributed by atoms with E-state index in [4.69, 9.17) is 10.5 Å². The van der Waals surface area contributed by atoms with E-state index in [0.29, 0.717) is 5.69 Å². The van der Waals surface area contributed by atoms with E-state index in [2.05, 4.69) is 10.0 Å². The first-order chi connectivity index (χ1) is 8.90. The maximum atomic E-state index is 11.7. The van der Waals surface area contributed by atoms with Gasteiger partial charge in [0.05, 0.1) is 11.5 Å². The van der Waals surface area contributed by atoms with Gasteiger partial charge in [-0.2, -0.15) is 0 Å². The molecule has 1 aromatic carbocycles. The van der Waals surface area contributed by atoms with E-state index in [0.717, 1.165) is 0 Å². The average Bonchev–Trinajstić information content (AvgIpc) is 2.39. The van der Waals surface area contributed by atoms with Gasteiger partial charge in [-0.1, -0.05) is 6.07 Å². The zero-order valence-electron chi connectivity index (χ0n) is 11.1. The van der Waals surface area contributed by atoms with Crippen LogP contribution < -0.4 is 15.8 Å². The van der Waals surface area contributed by atoms with Crippen molar-refractivity contribution in [2.45, 2.75) is 10.9 Å². The molecule has 0 aliphatic heterocycles. The van der Waals surface area contributed by atoms with Gasteiger partial charge in [-0.3, -0.25) is 4.79 Å². The molecule has 0 saturated carbocycles. The van der Waals surface area contributed by atoms with Crippen LogP contribution in [0.1, 0.15) is 0 Å². The molecule has 7 nitrogen and oxygen atoms in total. The quantitative estimate of drug-likeness (QED) is 0.678. The molecule has 9 heteroatoms. The number of carbonyl (C=O) groups is 1. The Labute approximate surface area is 124 Å². The van der Waals surface area contributed by atoms with Gasteiger partial charge in [0.25, 0.3) is 0 Å². The maximum Gasteiger partial charge on any atom is 0.243 e. The number of ether oxygens (including phenoxy) is 1. The highest BCUT2D eigenvalue weighted by Crippen LogP contribution is 2.15. The van der Waals surface area contributed by atoms with Crippen LogP contribution in [-0.2, 0) is 19.6 Å². The van der Waals surface area contributed by atoms with Crippen molar-refractivity contribution in [3.63, 3.8) is 0 Å². The highest BCUT2D eigenvalue weighted by atomic mass is 35.5. The van der Waals surface area contributed by atoms with E-state index in [-0.39, 0.29) is 23.9 Å². The summed E-state index contributed by atoms with van der Waals surface area (Å²) in [7, 11) is -0.792. The van der Waals surface area contributed by atoms with E-state index in [1.807, 2.05) is 0 Å². The molecule has 4 N–H and O–H groups in total. The Morgan fingerprint density at radius 2 is 2.10 bits per heavy atom. The maximum absolute atomic E-state index is 11.7. The molecule has 0 saturated heterocycles.